The number of hydrogen-bond acceptors (Lipinski definition) is 3. The molecule has 0 aromatic rings. The minimum absolute atomic E-state index is 0.399. The first-order valence-corrected chi connectivity index (χ1v) is 4.03. The Morgan fingerprint density at radius 2 is 1.36 bits per heavy atom. The number of allylic oxidation sites excluding steroid dienone is 2. The third kappa shape index (κ3) is 5.88. The molecule has 0 aromatic heterocycles. The van der Waals surface area contributed by atoms with Crippen molar-refractivity contribution < 1.29 is 4.74 Å². The molecule has 0 saturated heterocycles. The van der Waals surface area contributed by atoms with Gasteiger partial charge in [-0.15, -0.1) is 0 Å². The summed E-state index contributed by atoms with van der Waals surface area (Å²) in [5.74, 6) is 0. The average molecular weight is 186 g/mol. The molecule has 0 saturated carbocycles. The molecular weight excluding hydrogens is 176 g/mol. The van der Waals surface area contributed by atoms with Gasteiger partial charge in [-0.2, -0.15) is 0 Å². The lowest BCUT2D eigenvalue weighted by atomic mass is 10.5. The van der Waals surface area contributed by atoms with Crippen LogP contribution in [0.2, 0.25) is 0 Å². The fraction of sp³-hybridized carbons (Fsp3) is 0.250. The van der Waals surface area contributed by atoms with Crippen LogP contribution in [-0.4, -0.2) is 10.1 Å². The highest BCUT2D eigenvalue weighted by Gasteiger charge is 1.93. The fourth-order valence-electron chi connectivity index (χ4n) is 0.439. The molecule has 0 aromatic carbocycles. The number of ether oxygens (including phenoxy) is 1. The van der Waals surface area contributed by atoms with E-state index in [0.29, 0.717) is 10.1 Å². The van der Waals surface area contributed by atoms with Crippen LogP contribution in [0.4, 0.5) is 0 Å². The van der Waals surface area contributed by atoms with Crippen molar-refractivity contribution in [2.75, 3.05) is 0 Å². The van der Waals surface area contributed by atoms with Crippen LogP contribution in [0.5, 0.6) is 0 Å². The number of hydrogen-bond donors (Lipinski definition) is 0. The van der Waals surface area contributed by atoms with Crippen LogP contribution >= 0.6 is 24.4 Å². The van der Waals surface area contributed by atoms with Crippen molar-refractivity contribution in [3.8, 4) is 0 Å². The van der Waals surface area contributed by atoms with E-state index in [9.17, 15) is 0 Å². The van der Waals surface area contributed by atoms with Gasteiger partial charge in [-0.3, -0.25) is 0 Å². The summed E-state index contributed by atoms with van der Waals surface area (Å²) in [6.45, 7) is 3.74. The van der Waals surface area contributed by atoms with Crippen molar-refractivity contribution in [1.29, 1.82) is 0 Å². The first-order chi connectivity index (χ1) is 5.20. The maximum atomic E-state index is 5.02. The minimum Gasteiger partial charge on any atom is -0.434 e. The Morgan fingerprint density at radius 1 is 1.00 bits per heavy atom. The maximum absolute atomic E-state index is 5.02. The highest BCUT2D eigenvalue weighted by Crippen LogP contribution is 1.90. The zero-order valence-corrected chi connectivity index (χ0v) is 8.17. The summed E-state index contributed by atoms with van der Waals surface area (Å²) in [4.78, 5) is 0. The van der Waals surface area contributed by atoms with Crippen LogP contribution < -0.4 is 0 Å². The van der Waals surface area contributed by atoms with Crippen LogP contribution in [0.3, 0.4) is 0 Å². The molecule has 0 aliphatic heterocycles. The molecule has 1 nitrogen and oxygen atoms in total. The molecule has 11 heavy (non-hydrogen) atoms. The standard InChI is InChI=1S/C8H10OS2/c1-3-5-7(10)9-8(11)6-4-2/h3-6H,1-2H3/b5-3+,6-4+. The van der Waals surface area contributed by atoms with Gasteiger partial charge < -0.3 is 4.74 Å². The lowest BCUT2D eigenvalue weighted by molar-refractivity contribution is 0.584. The summed E-state index contributed by atoms with van der Waals surface area (Å²) in [7, 11) is 0. The Morgan fingerprint density at radius 3 is 1.64 bits per heavy atom. The lowest BCUT2D eigenvalue weighted by Gasteiger charge is -1.98. The normalized spacial score (nSPS) is 10.7. The predicted octanol–water partition coefficient (Wildman–Crippen LogP) is 2.81. The van der Waals surface area contributed by atoms with Gasteiger partial charge in [-0.05, 0) is 50.4 Å². The third-order valence-corrected chi connectivity index (χ3v) is 1.25. The second-order valence-corrected chi connectivity index (χ2v) is 2.54. The van der Waals surface area contributed by atoms with E-state index >= 15 is 0 Å². The van der Waals surface area contributed by atoms with E-state index in [1.165, 1.54) is 0 Å². The molecule has 0 bridgehead atoms. The van der Waals surface area contributed by atoms with E-state index in [-0.39, 0.29) is 0 Å². The first-order valence-electron chi connectivity index (χ1n) is 3.22. The molecule has 0 radical (unpaired) electrons. The Hall–Kier alpha value is -0.540. The summed E-state index contributed by atoms with van der Waals surface area (Å²) in [5.41, 5.74) is 0. The van der Waals surface area contributed by atoms with Crippen LogP contribution in [0.1, 0.15) is 13.8 Å². The van der Waals surface area contributed by atoms with Gasteiger partial charge >= 0.3 is 0 Å². The van der Waals surface area contributed by atoms with Crippen molar-refractivity contribution >= 4 is 34.5 Å². The van der Waals surface area contributed by atoms with E-state index in [1.54, 1.807) is 24.3 Å². The molecule has 0 spiro atoms. The van der Waals surface area contributed by atoms with E-state index in [2.05, 4.69) is 0 Å². The van der Waals surface area contributed by atoms with Crippen molar-refractivity contribution in [2.24, 2.45) is 0 Å². The number of thiocarbonyl (C=S) groups is 2. The smallest absolute Gasteiger partial charge is 0.191 e. The minimum atomic E-state index is 0.399. The van der Waals surface area contributed by atoms with Crippen LogP contribution in [0.15, 0.2) is 24.3 Å². The Labute approximate surface area is 77.7 Å². The molecule has 0 fully saturated rings. The summed E-state index contributed by atoms with van der Waals surface area (Å²) < 4.78 is 5.02. The zero-order valence-electron chi connectivity index (χ0n) is 6.53. The van der Waals surface area contributed by atoms with Gasteiger partial charge in [-0.1, -0.05) is 12.2 Å². The van der Waals surface area contributed by atoms with Crippen LogP contribution in [-0.2, 0) is 4.74 Å². The molecule has 0 aliphatic carbocycles. The molecule has 0 N–H and O–H groups in total. The van der Waals surface area contributed by atoms with Gasteiger partial charge in [0.2, 0.25) is 0 Å². The largest absolute Gasteiger partial charge is 0.434 e. The molecule has 3 heteroatoms. The Kier molecular flexibility index (Phi) is 5.88. The molecule has 60 valence electrons. The molecular formula is C8H10OS2. The van der Waals surface area contributed by atoms with Gasteiger partial charge in [0.15, 0.2) is 10.1 Å². The van der Waals surface area contributed by atoms with Crippen molar-refractivity contribution in [3.05, 3.63) is 24.3 Å². The lowest BCUT2D eigenvalue weighted by Crippen LogP contribution is -2.02. The van der Waals surface area contributed by atoms with Gasteiger partial charge in [-0.25, -0.2) is 0 Å². The molecule has 0 amide bonds. The van der Waals surface area contributed by atoms with Gasteiger partial charge in [0.1, 0.15) is 0 Å². The van der Waals surface area contributed by atoms with E-state index in [1.807, 2.05) is 13.8 Å². The highest BCUT2D eigenvalue weighted by atomic mass is 32.1. The maximum Gasteiger partial charge on any atom is 0.191 e. The van der Waals surface area contributed by atoms with Gasteiger partial charge in [0.25, 0.3) is 0 Å². The summed E-state index contributed by atoms with van der Waals surface area (Å²) in [6.07, 6.45) is 6.98. The first kappa shape index (κ1) is 10.5. The van der Waals surface area contributed by atoms with Gasteiger partial charge in [0, 0.05) is 0 Å². The average Bonchev–Trinajstić information content (AvgIpc) is 1.87. The fourth-order valence-corrected chi connectivity index (χ4v) is 0.944. The Bertz CT molecular complexity index is 182. The molecule has 0 unspecified atom stereocenters. The van der Waals surface area contributed by atoms with E-state index in [0.717, 1.165) is 0 Å². The SMILES string of the molecule is C/C=C/C(=S)OC(=S)/C=C/C. The summed E-state index contributed by atoms with van der Waals surface area (Å²) in [6, 6.07) is 0. The Balaban J connectivity index is 3.85. The molecule has 0 aliphatic rings. The zero-order chi connectivity index (χ0) is 8.69. The van der Waals surface area contributed by atoms with Crippen LogP contribution in [0, 0.1) is 0 Å². The summed E-state index contributed by atoms with van der Waals surface area (Å²) >= 11 is 9.63. The highest BCUT2D eigenvalue weighted by molar-refractivity contribution is 7.81. The van der Waals surface area contributed by atoms with E-state index in [4.69, 9.17) is 29.2 Å². The van der Waals surface area contributed by atoms with Crippen LogP contribution in [0.25, 0.3) is 0 Å². The van der Waals surface area contributed by atoms with Gasteiger partial charge in [0.05, 0.1) is 0 Å². The second-order valence-electron chi connectivity index (χ2n) is 1.74. The van der Waals surface area contributed by atoms with Crippen molar-refractivity contribution in [3.63, 3.8) is 0 Å². The monoisotopic (exact) mass is 186 g/mol. The number of rotatable bonds is 2. The topological polar surface area (TPSA) is 9.23 Å². The molecule has 0 rings (SSSR count). The quantitative estimate of drug-likeness (QED) is 0.485. The van der Waals surface area contributed by atoms with E-state index < -0.39 is 0 Å². The molecule has 0 atom stereocenters. The van der Waals surface area contributed by atoms with Crippen molar-refractivity contribution in [2.45, 2.75) is 13.8 Å². The molecule has 0 heterocycles. The predicted molar refractivity (Wildman–Crippen MR) is 55.9 cm³/mol. The van der Waals surface area contributed by atoms with Crippen molar-refractivity contribution in [1.82, 2.24) is 0 Å². The second kappa shape index (κ2) is 6.19. The summed E-state index contributed by atoms with van der Waals surface area (Å²) in [5, 5.41) is 0.797. The third-order valence-electron chi connectivity index (χ3n) is 0.807.